The van der Waals surface area contributed by atoms with Gasteiger partial charge in [0, 0.05) is 43.6 Å². The van der Waals surface area contributed by atoms with Gasteiger partial charge in [0.1, 0.15) is 0 Å². The third kappa shape index (κ3) is 3.76. The average molecular weight is 461 g/mol. The van der Waals surface area contributed by atoms with Crippen LogP contribution in [0.5, 0.6) is 0 Å². The van der Waals surface area contributed by atoms with Crippen molar-refractivity contribution in [1.82, 2.24) is 10.2 Å². The molecule has 8 atom stereocenters. The molecule has 6 heteroatoms. The summed E-state index contributed by atoms with van der Waals surface area (Å²) in [5.41, 5.74) is -0.199. The maximum Gasteiger partial charge on any atom is 0.159 e. The highest BCUT2D eigenvalue weighted by atomic mass is 16.5. The Morgan fingerprint density at radius 3 is 2.67 bits per heavy atom. The summed E-state index contributed by atoms with van der Waals surface area (Å²) in [7, 11) is 0. The topological polar surface area (TPSA) is 82.0 Å². The standard InChI is InChI=1S/C27H44N2O4/c1-18(28-10-11-29-12-14-33-15-13-29)20-6-9-27(32)22-17-24(31)23-16-19(30)4-7-25(23,2)21(22)5-8-26(20,27)3/h17-21,23,28,30,32H,4-16H2,1-3H3/t18?,19?,20?,21?,23?,25?,26?,27-/m1/s1. The second kappa shape index (κ2) is 8.70. The van der Waals surface area contributed by atoms with E-state index in [1.807, 2.05) is 6.08 Å². The maximum absolute atomic E-state index is 13.3. The number of morpholine rings is 1. The van der Waals surface area contributed by atoms with Crippen LogP contribution in [0.3, 0.4) is 0 Å². The molecule has 0 spiro atoms. The van der Waals surface area contributed by atoms with Crippen LogP contribution in [-0.4, -0.2) is 78.0 Å². The number of allylic oxidation sites excluding steroid dienone is 1. The highest BCUT2D eigenvalue weighted by molar-refractivity contribution is 5.95. The minimum absolute atomic E-state index is 0.0964. The first-order valence-electron chi connectivity index (χ1n) is 13.4. The summed E-state index contributed by atoms with van der Waals surface area (Å²) in [6, 6.07) is 0.328. The average Bonchev–Trinajstić information content (AvgIpc) is 3.07. The molecule has 0 radical (unpaired) electrons. The lowest BCUT2D eigenvalue weighted by atomic mass is 9.46. The Labute approximate surface area is 199 Å². The van der Waals surface area contributed by atoms with Crippen molar-refractivity contribution in [3.63, 3.8) is 0 Å². The summed E-state index contributed by atoms with van der Waals surface area (Å²) >= 11 is 0. The third-order valence-electron chi connectivity index (χ3n) is 10.7. The van der Waals surface area contributed by atoms with E-state index in [0.717, 1.165) is 83.5 Å². The van der Waals surface area contributed by atoms with E-state index in [0.29, 0.717) is 18.4 Å². The van der Waals surface area contributed by atoms with Gasteiger partial charge in [-0.05, 0) is 80.8 Å². The number of hydrogen-bond acceptors (Lipinski definition) is 6. The van der Waals surface area contributed by atoms with Crippen LogP contribution in [0.1, 0.15) is 65.7 Å². The molecule has 0 bridgehead atoms. The first-order valence-corrected chi connectivity index (χ1v) is 13.4. The first kappa shape index (κ1) is 23.9. The quantitative estimate of drug-likeness (QED) is 0.585. The van der Waals surface area contributed by atoms with Crippen molar-refractivity contribution in [1.29, 1.82) is 0 Å². The van der Waals surface area contributed by atoms with Crippen LogP contribution in [0.15, 0.2) is 11.6 Å². The molecular formula is C27H44N2O4. The molecule has 0 aromatic rings. The van der Waals surface area contributed by atoms with Gasteiger partial charge in [0.25, 0.3) is 0 Å². The monoisotopic (exact) mass is 460 g/mol. The van der Waals surface area contributed by atoms with E-state index >= 15 is 0 Å². The minimum Gasteiger partial charge on any atom is -0.393 e. The van der Waals surface area contributed by atoms with Gasteiger partial charge in [-0.25, -0.2) is 0 Å². The maximum atomic E-state index is 13.3. The Bertz CT molecular complexity index is 795. The van der Waals surface area contributed by atoms with Crippen molar-refractivity contribution in [2.24, 2.45) is 28.6 Å². The highest BCUT2D eigenvalue weighted by Gasteiger charge is 2.66. The SMILES string of the molecule is CC(NCCN1CCOCC1)C1CC[C@@]2(O)C3=CC(=O)C4CC(O)CCC4(C)C3CCC12C. The van der Waals surface area contributed by atoms with Gasteiger partial charge in [-0.15, -0.1) is 0 Å². The zero-order chi connectivity index (χ0) is 23.4. The molecule has 4 aliphatic carbocycles. The summed E-state index contributed by atoms with van der Waals surface area (Å²) in [5.74, 6) is 0.693. The molecule has 6 nitrogen and oxygen atoms in total. The number of ether oxygens (including phenoxy) is 1. The van der Waals surface area contributed by atoms with Crippen molar-refractivity contribution in [3.05, 3.63) is 11.6 Å². The van der Waals surface area contributed by atoms with Gasteiger partial charge in [0.05, 0.1) is 24.9 Å². The van der Waals surface area contributed by atoms with Crippen molar-refractivity contribution in [3.8, 4) is 0 Å². The third-order valence-corrected chi connectivity index (χ3v) is 10.7. The second-order valence-corrected chi connectivity index (χ2v) is 12.2. The first-order chi connectivity index (χ1) is 15.7. The molecule has 5 rings (SSSR count). The Balaban J connectivity index is 1.32. The number of hydrogen-bond donors (Lipinski definition) is 3. The van der Waals surface area contributed by atoms with Crippen LogP contribution in [-0.2, 0) is 9.53 Å². The molecule has 4 fully saturated rings. The van der Waals surface area contributed by atoms with E-state index in [-0.39, 0.29) is 34.6 Å². The normalized spacial score (nSPS) is 46.8. The minimum atomic E-state index is -0.888. The van der Waals surface area contributed by atoms with Gasteiger partial charge in [0.2, 0.25) is 0 Å². The second-order valence-electron chi connectivity index (χ2n) is 12.2. The molecule has 1 saturated heterocycles. The summed E-state index contributed by atoms with van der Waals surface area (Å²) in [6.07, 6.45) is 7.48. The Kier molecular flexibility index (Phi) is 6.31. The summed E-state index contributed by atoms with van der Waals surface area (Å²) < 4.78 is 5.46. The number of nitrogens with one attached hydrogen (secondary N) is 1. The van der Waals surface area contributed by atoms with Crippen molar-refractivity contribution in [2.45, 2.75) is 83.5 Å². The molecule has 3 N–H and O–H groups in total. The van der Waals surface area contributed by atoms with Gasteiger partial charge in [-0.1, -0.05) is 13.8 Å². The molecule has 186 valence electrons. The Hall–Kier alpha value is -0.790. The predicted molar refractivity (Wildman–Crippen MR) is 128 cm³/mol. The Morgan fingerprint density at radius 1 is 1.15 bits per heavy atom. The zero-order valence-electron chi connectivity index (χ0n) is 20.8. The summed E-state index contributed by atoms with van der Waals surface area (Å²) in [5, 5.41) is 26.3. The van der Waals surface area contributed by atoms with Crippen LogP contribution in [0.4, 0.5) is 0 Å². The molecular weight excluding hydrogens is 416 g/mol. The number of fused-ring (bicyclic) bond motifs is 5. The fourth-order valence-electron chi connectivity index (χ4n) is 8.58. The van der Waals surface area contributed by atoms with E-state index in [1.165, 1.54) is 0 Å². The van der Waals surface area contributed by atoms with Gasteiger partial charge >= 0.3 is 0 Å². The zero-order valence-corrected chi connectivity index (χ0v) is 20.8. The van der Waals surface area contributed by atoms with E-state index in [1.54, 1.807) is 0 Å². The van der Waals surface area contributed by atoms with Gasteiger partial charge in [-0.2, -0.15) is 0 Å². The highest BCUT2D eigenvalue weighted by Crippen LogP contribution is 2.67. The summed E-state index contributed by atoms with van der Waals surface area (Å²) in [4.78, 5) is 15.7. The number of carbonyl (C=O) groups excluding carboxylic acids is 1. The van der Waals surface area contributed by atoms with Crippen LogP contribution in [0, 0.1) is 28.6 Å². The molecule has 1 aliphatic heterocycles. The number of aliphatic hydroxyl groups excluding tert-OH is 1. The van der Waals surface area contributed by atoms with Crippen LogP contribution in [0.25, 0.3) is 0 Å². The van der Waals surface area contributed by atoms with E-state index < -0.39 is 5.60 Å². The smallest absolute Gasteiger partial charge is 0.159 e. The van der Waals surface area contributed by atoms with Crippen LogP contribution >= 0.6 is 0 Å². The van der Waals surface area contributed by atoms with Crippen molar-refractivity contribution in [2.75, 3.05) is 39.4 Å². The van der Waals surface area contributed by atoms with E-state index in [2.05, 4.69) is 31.0 Å². The molecule has 1 heterocycles. The molecule has 33 heavy (non-hydrogen) atoms. The van der Waals surface area contributed by atoms with E-state index in [9.17, 15) is 15.0 Å². The number of rotatable bonds is 5. The van der Waals surface area contributed by atoms with Crippen molar-refractivity contribution < 1.29 is 19.7 Å². The molecule has 7 unspecified atom stereocenters. The van der Waals surface area contributed by atoms with Gasteiger partial charge in [0.15, 0.2) is 5.78 Å². The molecule has 5 aliphatic rings. The molecule has 3 saturated carbocycles. The fraction of sp³-hybridized carbons (Fsp3) is 0.889. The number of aliphatic hydroxyl groups is 2. The molecule has 0 amide bonds. The van der Waals surface area contributed by atoms with Crippen LogP contribution in [0.2, 0.25) is 0 Å². The van der Waals surface area contributed by atoms with Gasteiger partial charge in [-0.3, -0.25) is 9.69 Å². The number of nitrogens with zero attached hydrogens (tertiary/aromatic N) is 1. The van der Waals surface area contributed by atoms with Gasteiger partial charge < -0.3 is 20.3 Å². The Morgan fingerprint density at radius 2 is 1.91 bits per heavy atom. The van der Waals surface area contributed by atoms with Crippen LogP contribution < -0.4 is 5.32 Å². The molecule has 0 aromatic carbocycles. The predicted octanol–water partition coefficient (Wildman–Crippen LogP) is 2.53. The van der Waals surface area contributed by atoms with Crippen molar-refractivity contribution >= 4 is 5.78 Å². The number of carbonyl (C=O) groups is 1. The van der Waals surface area contributed by atoms with E-state index in [4.69, 9.17) is 4.74 Å². The molecule has 0 aromatic heterocycles. The summed E-state index contributed by atoms with van der Waals surface area (Å²) in [6.45, 7) is 12.5. The number of ketones is 1. The largest absolute Gasteiger partial charge is 0.393 e. The lowest BCUT2D eigenvalue weighted by Gasteiger charge is -2.59. The lowest BCUT2D eigenvalue weighted by Crippen LogP contribution is -2.60. The fourth-order valence-corrected chi connectivity index (χ4v) is 8.58. The lowest BCUT2D eigenvalue weighted by molar-refractivity contribution is -0.140.